The van der Waals surface area contributed by atoms with E-state index < -0.39 is 11.7 Å². The Morgan fingerprint density at radius 1 is 1.29 bits per heavy atom. The number of nitrogens with zero attached hydrogens (tertiary/aromatic N) is 6. The Morgan fingerprint density at radius 2 is 2.00 bits per heavy atom. The number of aromatic nitrogens is 3. The highest BCUT2D eigenvalue weighted by Crippen LogP contribution is 2.36. The minimum absolute atomic E-state index is 0.00946. The van der Waals surface area contributed by atoms with Crippen molar-refractivity contribution in [2.45, 2.75) is 39.7 Å². The lowest BCUT2D eigenvalue weighted by atomic mass is 10.0. The molecule has 1 unspecified atom stereocenters. The molecule has 0 saturated carbocycles. The van der Waals surface area contributed by atoms with Gasteiger partial charge in [-0.3, -0.25) is 14.3 Å². The molecule has 3 aromatic rings. The Labute approximate surface area is 212 Å². The molecule has 0 aliphatic carbocycles. The molecule has 1 amide bonds. The van der Waals surface area contributed by atoms with Crippen LogP contribution in [-0.2, 0) is 0 Å². The minimum atomic E-state index is -1.01. The van der Waals surface area contributed by atoms with Crippen LogP contribution in [0, 0.1) is 18.3 Å². The van der Waals surface area contributed by atoms with Gasteiger partial charge in [0, 0.05) is 37.3 Å². The van der Waals surface area contributed by atoms with E-state index in [1.807, 2.05) is 25.7 Å². The third-order valence-electron chi connectivity index (χ3n) is 6.26. The lowest BCUT2D eigenvalue weighted by Gasteiger charge is -2.40. The fraction of sp³-hybridized carbons (Fsp3) is 0.375. The van der Waals surface area contributed by atoms with E-state index in [9.17, 15) is 20.0 Å². The summed E-state index contributed by atoms with van der Waals surface area (Å²) in [6, 6.07) is 5.13. The Morgan fingerprint density at radius 3 is 2.60 bits per heavy atom. The molecule has 11 heteroatoms. The van der Waals surface area contributed by atoms with Gasteiger partial charge in [-0.15, -0.1) is 0 Å². The van der Waals surface area contributed by atoms with Crippen molar-refractivity contribution in [1.29, 1.82) is 5.26 Å². The van der Waals surface area contributed by atoms with Crippen molar-refractivity contribution >= 4 is 46.0 Å². The summed E-state index contributed by atoms with van der Waals surface area (Å²) in [5, 5.41) is 20.3. The lowest BCUT2D eigenvalue weighted by molar-refractivity contribution is 0.123. The topological polar surface area (TPSA) is 115 Å². The summed E-state index contributed by atoms with van der Waals surface area (Å²) in [6.07, 6.45) is 0.671. The van der Waals surface area contributed by atoms with Crippen LogP contribution in [0.4, 0.5) is 10.5 Å². The molecule has 1 fully saturated rings. The van der Waals surface area contributed by atoms with Crippen molar-refractivity contribution in [1.82, 2.24) is 19.4 Å². The predicted octanol–water partition coefficient (Wildman–Crippen LogP) is 4.58. The average molecular weight is 515 g/mol. The molecular weight excluding hydrogens is 491 g/mol. The number of piperazine rings is 1. The van der Waals surface area contributed by atoms with E-state index in [2.05, 4.69) is 16.0 Å². The van der Waals surface area contributed by atoms with Gasteiger partial charge in [0.25, 0.3) is 5.56 Å². The van der Waals surface area contributed by atoms with Crippen LogP contribution < -0.4 is 10.5 Å². The van der Waals surface area contributed by atoms with Crippen molar-refractivity contribution in [3.63, 3.8) is 0 Å². The molecule has 1 saturated heterocycles. The average Bonchev–Trinajstić information content (AvgIpc) is 2.79. The third-order valence-corrected chi connectivity index (χ3v) is 6.93. The van der Waals surface area contributed by atoms with Crippen LogP contribution in [0.2, 0.25) is 10.2 Å². The van der Waals surface area contributed by atoms with Crippen molar-refractivity contribution in [3.05, 3.63) is 55.7 Å². The molecule has 0 aromatic carbocycles. The van der Waals surface area contributed by atoms with Crippen LogP contribution in [0.15, 0.2) is 23.1 Å². The number of hydrogen-bond donors (Lipinski definition) is 1. The Hall–Kier alpha value is -3.35. The van der Waals surface area contributed by atoms with Crippen LogP contribution in [0.5, 0.6) is 0 Å². The summed E-state index contributed by atoms with van der Waals surface area (Å²) in [7, 11) is 0. The summed E-state index contributed by atoms with van der Waals surface area (Å²) < 4.78 is 1.40. The van der Waals surface area contributed by atoms with E-state index in [-0.39, 0.29) is 39.9 Å². The maximum Gasteiger partial charge on any atom is 0.407 e. The van der Waals surface area contributed by atoms with Gasteiger partial charge in [-0.1, -0.05) is 37.0 Å². The summed E-state index contributed by atoms with van der Waals surface area (Å²) in [6.45, 7) is 8.41. The van der Waals surface area contributed by atoms with E-state index in [1.54, 1.807) is 25.3 Å². The molecule has 1 N–H and O–H groups in total. The van der Waals surface area contributed by atoms with E-state index in [0.717, 1.165) is 5.56 Å². The number of anilines is 1. The molecular formula is C24H24Cl2N6O3. The van der Waals surface area contributed by atoms with Gasteiger partial charge in [-0.25, -0.2) is 9.78 Å². The monoisotopic (exact) mass is 514 g/mol. The molecule has 4 rings (SSSR count). The zero-order valence-electron chi connectivity index (χ0n) is 19.7. The van der Waals surface area contributed by atoms with Gasteiger partial charge in [0.05, 0.1) is 22.1 Å². The molecule has 1 aliphatic heterocycles. The number of halogens is 2. The van der Waals surface area contributed by atoms with Crippen LogP contribution in [0.1, 0.15) is 43.5 Å². The molecule has 3 aromatic heterocycles. The van der Waals surface area contributed by atoms with Gasteiger partial charge in [0.15, 0.2) is 5.65 Å². The first-order valence-electron chi connectivity index (χ1n) is 11.1. The fourth-order valence-electron chi connectivity index (χ4n) is 4.61. The molecule has 1 aliphatic rings. The SMILES string of the molecule is Cc1ccnc(C(C)C)c1-n1c(=O)c(C#N)c(N2CCN(C(=O)O)C(C)C2)c2cc(Cl)c(Cl)nc21. The molecule has 0 spiro atoms. The largest absolute Gasteiger partial charge is 0.465 e. The van der Waals surface area contributed by atoms with Crippen molar-refractivity contribution < 1.29 is 9.90 Å². The van der Waals surface area contributed by atoms with Crippen LogP contribution >= 0.6 is 23.2 Å². The fourth-order valence-corrected chi connectivity index (χ4v) is 4.90. The lowest BCUT2D eigenvalue weighted by Crippen LogP contribution is -2.54. The number of aryl methyl sites for hydroxylation is 1. The van der Waals surface area contributed by atoms with E-state index in [4.69, 9.17) is 23.2 Å². The number of nitriles is 1. The molecule has 182 valence electrons. The highest BCUT2D eigenvalue weighted by Gasteiger charge is 2.32. The van der Waals surface area contributed by atoms with E-state index in [0.29, 0.717) is 35.5 Å². The van der Waals surface area contributed by atoms with Gasteiger partial charge >= 0.3 is 6.09 Å². The van der Waals surface area contributed by atoms with Crippen molar-refractivity contribution in [3.8, 4) is 11.8 Å². The van der Waals surface area contributed by atoms with E-state index >= 15 is 0 Å². The molecule has 4 heterocycles. The smallest absolute Gasteiger partial charge is 0.407 e. The molecule has 0 radical (unpaired) electrons. The number of pyridine rings is 3. The van der Waals surface area contributed by atoms with Crippen molar-refractivity contribution in [2.75, 3.05) is 24.5 Å². The predicted molar refractivity (Wildman–Crippen MR) is 135 cm³/mol. The number of carbonyl (C=O) groups is 1. The van der Waals surface area contributed by atoms with Crippen molar-refractivity contribution in [2.24, 2.45) is 0 Å². The highest BCUT2D eigenvalue weighted by molar-refractivity contribution is 6.41. The van der Waals surface area contributed by atoms with Gasteiger partial charge in [0.1, 0.15) is 16.8 Å². The molecule has 1 atom stereocenters. The Kier molecular flexibility index (Phi) is 6.62. The van der Waals surface area contributed by atoms with Gasteiger partial charge in [0.2, 0.25) is 0 Å². The van der Waals surface area contributed by atoms with Crippen LogP contribution in [-0.4, -0.2) is 56.3 Å². The van der Waals surface area contributed by atoms with E-state index in [1.165, 1.54) is 9.47 Å². The third kappa shape index (κ3) is 4.17. The minimum Gasteiger partial charge on any atom is -0.465 e. The number of fused-ring (bicyclic) bond motifs is 1. The molecule has 35 heavy (non-hydrogen) atoms. The maximum absolute atomic E-state index is 13.9. The zero-order chi connectivity index (χ0) is 25.6. The first-order chi connectivity index (χ1) is 16.6. The number of rotatable bonds is 3. The first-order valence-corrected chi connectivity index (χ1v) is 11.9. The normalized spacial score (nSPS) is 16.1. The highest BCUT2D eigenvalue weighted by atomic mass is 35.5. The Bertz CT molecular complexity index is 1450. The maximum atomic E-state index is 13.9. The summed E-state index contributed by atoms with van der Waals surface area (Å²) in [4.78, 5) is 37.6. The van der Waals surface area contributed by atoms with Gasteiger partial charge < -0.3 is 14.9 Å². The quantitative estimate of drug-likeness (QED) is 0.508. The first kappa shape index (κ1) is 24.8. The molecule has 9 nitrogen and oxygen atoms in total. The standard InChI is InChI=1S/C24H24Cl2N6O3/c1-12(2)18-19(13(3)5-6-28-18)32-22-15(9-17(25)21(26)29-22)20(16(10-27)23(32)33)30-7-8-31(24(34)35)14(4)11-30/h5-6,9,12,14H,7-8,11H2,1-4H3,(H,34,35). The number of hydrogen-bond acceptors (Lipinski definition) is 6. The molecule has 0 bridgehead atoms. The second-order valence-corrected chi connectivity index (χ2v) is 9.66. The zero-order valence-corrected chi connectivity index (χ0v) is 21.2. The van der Waals surface area contributed by atoms with Gasteiger partial charge in [-0.2, -0.15) is 5.26 Å². The summed E-state index contributed by atoms with van der Waals surface area (Å²) in [5.41, 5.74) is 2.03. The number of amides is 1. The second kappa shape index (κ2) is 9.36. The Balaban J connectivity index is 2.09. The summed E-state index contributed by atoms with van der Waals surface area (Å²) in [5.74, 6) is -0.00946. The van der Waals surface area contributed by atoms with Gasteiger partial charge in [-0.05, 0) is 37.5 Å². The second-order valence-electron chi connectivity index (χ2n) is 8.90. The summed E-state index contributed by atoms with van der Waals surface area (Å²) >= 11 is 12.7. The van der Waals surface area contributed by atoms with Crippen LogP contribution in [0.25, 0.3) is 16.7 Å². The van der Waals surface area contributed by atoms with Crippen LogP contribution in [0.3, 0.4) is 0 Å². The number of carboxylic acid groups (broad SMARTS) is 1.